The maximum atomic E-state index is 14.8. The third-order valence-corrected chi connectivity index (χ3v) is 11.3. The Bertz CT molecular complexity index is 1910. The van der Waals surface area contributed by atoms with Crippen LogP contribution in [0.5, 0.6) is 0 Å². The fourth-order valence-electron chi connectivity index (χ4n) is 7.40. The zero-order valence-electron chi connectivity index (χ0n) is 28.4. The number of hydrogen-bond donors (Lipinski definition) is 4. The molecule has 3 aromatic carbocycles. The van der Waals surface area contributed by atoms with E-state index in [9.17, 15) is 9.59 Å². The molecule has 0 aliphatic carbocycles. The zero-order chi connectivity index (χ0) is 34.3. The topological polar surface area (TPSA) is 144 Å². The first kappa shape index (κ1) is 34.4. The minimum Gasteiger partial charge on any atom is -0.378 e. The number of nitrogens with zero attached hydrogens (tertiary/aromatic N) is 3. The van der Waals surface area contributed by atoms with Crippen LogP contribution in [-0.4, -0.2) is 92.5 Å². The number of likely N-dealkylation sites (tertiary alicyclic amines) is 1. The summed E-state index contributed by atoms with van der Waals surface area (Å²) in [5.74, 6) is 1.96. The van der Waals surface area contributed by atoms with Crippen molar-refractivity contribution >= 4 is 49.5 Å². The first-order chi connectivity index (χ1) is 24.5. The van der Waals surface area contributed by atoms with Crippen LogP contribution in [0.25, 0.3) is 32.6 Å². The van der Waals surface area contributed by atoms with Gasteiger partial charge in [0, 0.05) is 37.1 Å². The maximum Gasteiger partial charge on any atom is 0.352 e. The standard InChI is InChI=1S/C38H45N7O4S/c39-14-20-48-22-23-49-21-17-41-36(46)29-6-9-32-34(25-29)50-38(44-32)45(18-12-27(13-19-45)26-10-15-40-16-11-26)37(47)30-7-8-31-33(24-30)43-35(42-31)28-4-2-1-3-5-28/h1-9,24-27,40H,10-23,39H2,(H-,41,42,43,46,47)/p+1. The summed E-state index contributed by atoms with van der Waals surface area (Å²) < 4.78 is 11.9. The third kappa shape index (κ3) is 7.51. The van der Waals surface area contributed by atoms with Gasteiger partial charge >= 0.3 is 5.91 Å². The average Bonchev–Trinajstić information content (AvgIpc) is 3.81. The van der Waals surface area contributed by atoms with Gasteiger partial charge in [0.05, 0.1) is 66.3 Å². The number of quaternary nitrogens is 1. The molecule has 2 aromatic heterocycles. The number of rotatable bonds is 13. The van der Waals surface area contributed by atoms with Crippen LogP contribution in [-0.2, 0) is 9.47 Å². The van der Waals surface area contributed by atoms with E-state index in [0.29, 0.717) is 75.6 Å². The van der Waals surface area contributed by atoms with Crippen molar-refractivity contribution < 1.29 is 19.1 Å². The van der Waals surface area contributed by atoms with Gasteiger partial charge in [-0.15, -0.1) is 0 Å². The molecule has 5 aromatic rings. The molecule has 0 spiro atoms. The predicted octanol–water partition coefficient (Wildman–Crippen LogP) is 5.12. The Labute approximate surface area is 296 Å². The largest absolute Gasteiger partial charge is 0.378 e. The lowest BCUT2D eigenvalue weighted by atomic mass is 9.78. The molecular formula is C38H46N7O4S+. The highest BCUT2D eigenvalue weighted by Gasteiger charge is 2.47. The Morgan fingerprint density at radius 3 is 2.34 bits per heavy atom. The van der Waals surface area contributed by atoms with Crippen LogP contribution < -0.4 is 20.9 Å². The van der Waals surface area contributed by atoms with Gasteiger partial charge in [-0.1, -0.05) is 41.7 Å². The van der Waals surface area contributed by atoms with E-state index in [1.165, 1.54) is 24.2 Å². The highest BCUT2D eigenvalue weighted by atomic mass is 32.1. The lowest BCUT2D eigenvalue weighted by Gasteiger charge is -2.41. The summed E-state index contributed by atoms with van der Waals surface area (Å²) in [4.78, 5) is 41.2. The number of hydrogen-bond acceptors (Lipinski definition) is 9. The van der Waals surface area contributed by atoms with Crippen LogP contribution in [0.15, 0.2) is 66.7 Å². The van der Waals surface area contributed by atoms with Crippen molar-refractivity contribution in [2.75, 3.05) is 65.7 Å². The molecule has 2 saturated heterocycles. The number of aromatic nitrogens is 3. The number of carbonyl (C=O) groups is 2. The smallest absolute Gasteiger partial charge is 0.352 e. The number of imidazole rings is 1. The van der Waals surface area contributed by atoms with Gasteiger partial charge in [0.2, 0.25) is 0 Å². The average molecular weight is 697 g/mol. The Balaban J connectivity index is 1.12. The minimum absolute atomic E-state index is 0.0528. The van der Waals surface area contributed by atoms with Crippen molar-refractivity contribution in [1.29, 1.82) is 0 Å². The Kier molecular flexibility index (Phi) is 10.9. The van der Waals surface area contributed by atoms with Crippen molar-refractivity contribution in [3.8, 4) is 11.4 Å². The van der Waals surface area contributed by atoms with E-state index in [0.717, 1.165) is 63.7 Å². The molecule has 262 valence electrons. The van der Waals surface area contributed by atoms with Crippen LogP contribution >= 0.6 is 11.3 Å². The van der Waals surface area contributed by atoms with Crippen LogP contribution in [0.4, 0.5) is 5.13 Å². The Hall–Kier alpha value is -4.04. The number of benzene rings is 3. The Morgan fingerprint density at radius 2 is 1.56 bits per heavy atom. The first-order valence-corrected chi connectivity index (χ1v) is 18.6. The highest BCUT2D eigenvalue weighted by molar-refractivity contribution is 7.22. The van der Waals surface area contributed by atoms with Crippen molar-refractivity contribution in [2.24, 2.45) is 17.6 Å². The lowest BCUT2D eigenvalue weighted by Crippen LogP contribution is -2.59. The molecule has 0 unspecified atom stereocenters. The number of ether oxygens (including phenoxy) is 2. The molecule has 7 rings (SSSR count). The number of H-pyrrole nitrogens is 1. The molecule has 4 heterocycles. The zero-order valence-corrected chi connectivity index (χ0v) is 29.2. The van der Waals surface area contributed by atoms with Gasteiger partial charge in [-0.05, 0) is 74.2 Å². The molecule has 11 nitrogen and oxygen atoms in total. The normalized spacial score (nSPS) is 20.0. The third-order valence-electron chi connectivity index (χ3n) is 10.2. The van der Waals surface area contributed by atoms with Crippen LogP contribution in [0.3, 0.4) is 0 Å². The summed E-state index contributed by atoms with van der Waals surface area (Å²) in [5, 5.41) is 7.22. The molecular weight excluding hydrogens is 651 g/mol. The highest BCUT2D eigenvalue weighted by Crippen LogP contribution is 2.41. The molecule has 5 N–H and O–H groups in total. The number of carbonyl (C=O) groups excluding carboxylic acids is 2. The molecule has 0 bridgehead atoms. The number of thiazole rings is 1. The molecule has 2 fully saturated rings. The maximum absolute atomic E-state index is 14.8. The molecule has 12 heteroatoms. The second kappa shape index (κ2) is 15.9. The summed E-state index contributed by atoms with van der Waals surface area (Å²) in [6.45, 7) is 6.24. The van der Waals surface area contributed by atoms with Crippen LogP contribution in [0.1, 0.15) is 46.4 Å². The van der Waals surface area contributed by atoms with Crippen molar-refractivity contribution in [2.45, 2.75) is 25.7 Å². The van der Waals surface area contributed by atoms with E-state index < -0.39 is 0 Å². The molecule has 50 heavy (non-hydrogen) atoms. The van der Waals surface area contributed by atoms with Gasteiger partial charge in [-0.25, -0.2) is 9.78 Å². The second-order valence-corrected chi connectivity index (χ2v) is 14.3. The number of nitrogens with one attached hydrogen (secondary N) is 3. The van der Waals surface area contributed by atoms with E-state index in [2.05, 4.69) is 15.6 Å². The minimum atomic E-state index is -0.171. The quantitative estimate of drug-likeness (QED) is 0.0982. The summed E-state index contributed by atoms with van der Waals surface area (Å²) in [6, 6.07) is 21.4. The van der Waals surface area contributed by atoms with E-state index in [1.807, 2.05) is 60.7 Å². The van der Waals surface area contributed by atoms with E-state index in [1.54, 1.807) is 6.07 Å². The Morgan fingerprint density at radius 1 is 0.840 bits per heavy atom. The van der Waals surface area contributed by atoms with E-state index >= 15 is 0 Å². The molecule has 2 aliphatic heterocycles. The van der Waals surface area contributed by atoms with E-state index in [4.69, 9.17) is 25.2 Å². The van der Waals surface area contributed by atoms with Gasteiger partial charge in [-0.3, -0.25) is 4.79 Å². The van der Waals surface area contributed by atoms with Gasteiger partial charge in [-0.2, -0.15) is 9.47 Å². The fourth-order valence-corrected chi connectivity index (χ4v) is 8.59. The molecule has 0 atom stereocenters. The summed E-state index contributed by atoms with van der Waals surface area (Å²) in [7, 11) is 0. The molecule has 2 aliphatic rings. The predicted molar refractivity (Wildman–Crippen MR) is 198 cm³/mol. The monoisotopic (exact) mass is 696 g/mol. The van der Waals surface area contributed by atoms with Crippen molar-refractivity contribution in [3.05, 3.63) is 77.9 Å². The second-order valence-electron chi connectivity index (χ2n) is 13.3. The number of aromatic amines is 1. The molecule has 0 saturated carbocycles. The molecule has 2 amide bonds. The van der Waals surface area contributed by atoms with Crippen LogP contribution in [0, 0.1) is 11.8 Å². The first-order valence-electron chi connectivity index (χ1n) is 17.8. The van der Waals surface area contributed by atoms with Gasteiger partial charge in [0.15, 0.2) is 0 Å². The lowest BCUT2D eigenvalue weighted by molar-refractivity contribution is 0.0511. The number of piperidine rings is 2. The fraction of sp³-hybridized carbons (Fsp3) is 0.421. The van der Waals surface area contributed by atoms with Gasteiger partial charge < -0.3 is 30.8 Å². The summed E-state index contributed by atoms with van der Waals surface area (Å²) >= 11 is 1.52. The molecule has 0 radical (unpaired) electrons. The number of fused-ring (bicyclic) bond motifs is 2. The van der Waals surface area contributed by atoms with E-state index in [-0.39, 0.29) is 16.3 Å². The van der Waals surface area contributed by atoms with Crippen LogP contribution in [0.2, 0.25) is 0 Å². The summed E-state index contributed by atoms with van der Waals surface area (Å²) in [5.41, 5.74) is 10.1. The summed E-state index contributed by atoms with van der Waals surface area (Å²) in [6.07, 6.45) is 4.34. The number of amides is 2. The SMILES string of the molecule is NCCOCCOCCNC(=O)c1ccc2nc([N+]3(C(=O)c4ccc5nc(-c6ccccc6)[nH]c5c4)CCC(C4CCNCC4)CC3)sc2c1. The van der Waals surface area contributed by atoms with Gasteiger partial charge in [0.25, 0.3) is 11.0 Å². The van der Waals surface area contributed by atoms with Crippen molar-refractivity contribution in [1.82, 2.24) is 30.1 Å². The van der Waals surface area contributed by atoms with Crippen molar-refractivity contribution in [3.63, 3.8) is 0 Å². The number of nitrogens with two attached hydrogens (primary N) is 1. The van der Waals surface area contributed by atoms with Gasteiger partial charge in [0.1, 0.15) is 5.82 Å².